The van der Waals surface area contributed by atoms with E-state index < -0.39 is 46.6 Å². The fourth-order valence-electron chi connectivity index (χ4n) is 4.28. The number of nitrogens with zero attached hydrogens (tertiary/aromatic N) is 2. The number of aliphatic hydroxyl groups excluding tert-OH is 1. The highest BCUT2D eigenvalue weighted by molar-refractivity contribution is 7.91. The van der Waals surface area contributed by atoms with E-state index in [9.17, 15) is 30.8 Å². The van der Waals surface area contributed by atoms with E-state index in [4.69, 9.17) is 5.11 Å². The lowest BCUT2D eigenvalue weighted by Crippen LogP contribution is -2.26. The first-order chi connectivity index (χ1) is 19.0. The van der Waals surface area contributed by atoms with Gasteiger partial charge in [-0.1, -0.05) is 24.3 Å². The van der Waals surface area contributed by atoms with Crippen molar-refractivity contribution in [3.05, 3.63) is 83.2 Å². The summed E-state index contributed by atoms with van der Waals surface area (Å²) >= 11 is 0. The van der Waals surface area contributed by atoms with Gasteiger partial charge in [-0.05, 0) is 42.0 Å². The van der Waals surface area contributed by atoms with E-state index in [-0.39, 0.29) is 51.6 Å². The Morgan fingerprint density at radius 3 is 2.52 bits per heavy atom. The summed E-state index contributed by atoms with van der Waals surface area (Å²) in [6, 6.07) is 14.1. The molecule has 0 saturated carbocycles. The van der Waals surface area contributed by atoms with Gasteiger partial charge in [-0.15, -0.1) is 8.78 Å². The number of amides is 1. The number of hydrogen-bond acceptors (Lipinski definition) is 7. The van der Waals surface area contributed by atoms with Gasteiger partial charge in [0.15, 0.2) is 27.2 Å². The van der Waals surface area contributed by atoms with Crippen LogP contribution < -0.4 is 14.8 Å². The van der Waals surface area contributed by atoms with Crippen molar-refractivity contribution in [2.45, 2.75) is 30.7 Å². The molecule has 0 fully saturated rings. The van der Waals surface area contributed by atoms with Gasteiger partial charge in [-0.3, -0.25) is 4.79 Å². The fourth-order valence-corrected chi connectivity index (χ4v) is 5.31. The average Bonchev–Trinajstić information content (AvgIpc) is 3.43. The number of carbonyl (C=O) groups excluding carboxylic acids is 1. The lowest BCUT2D eigenvalue weighted by molar-refractivity contribution is -0.287. The first-order valence-electron chi connectivity index (χ1n) is 11.8. The Balaban J connectivity index is 1.35. The lowest BCUT2D eigenvalue weighted by Gasteiger charge is -2.11. The molecule has 1 aliphatic heterocycles. The largest absolute Gasteiger partial charge is 0.586 e. The normalized spacial score (nSPS) is 14.2. The summed E-state index contributed by atoms with van der Waals surface area (Å²) in [6.45, 7) is -0.716. The highest BCUT2D eigenvalue weighted by atomic mass is 32.2. The van der Waals surface area contributed by atoms with Crippen LogP contribution >= 0.6 is 0 Å². The highest BCUT2D eigenvalue weighted by Crippen LogP contribution is 2.44. The number of ether oxygens (including phenoxy) is 2. The molecule has 210 valence electrons. The fraction of sp³-hybridized carbons (Fsp3) is 0.231. The van der Waals surface area contributed by atoms with Gasteiger partial charge in [0, 0.05) is 17.7 Å². The van der Waals surface area contributed by atoms with Gasteiger partial charge in [-0.2, -0.15) is 0 Å². The number of hydrogen-bond donors (Lipinski definition) is 2. The number of nitrogens with one attached hydrogen (secondary N) is 1. The number of rotatable bonds is 9. The van der Waals surface area contributed by atoms with Crippen molar-refractivity contribution in [2.24, 2.45) is 0 Å². The molecule has 0 spiro atoms. The molecule has 0 aliphatic carbocycles. The zero-order chi connectivity index (χ0) is 28.7. The molecule has 9 nitrogen and oxygen atoms in total. The van der Waals surface area contributed by atoms with E-state index in [1.807, 2.05) is 0 Å². The minimum Gasteiger partial charge on any atom is -0.395 e. The Morgan fingerprint density at radius 2 is 1.82 bits per heavy atom. The molecule has 3 aromatic carbocycles. The second-order valence-corrected chi connectivity index (χ2v) is 11.0. The summed E-state index contributed by atoms with van der Waals surface area (Å²) in [5, 5.41) is 11.6. The van der Waals surface area contributed by atoms with Gasteiger partial charge in [0.25, 0.3) is 12.3 Å². The van der Waals surface area contributed by atoms with Crippen LogP contribution in [-0.2, 0) is 22.9 Å². The van der Waals surface area contributed by atoms with E-state index >= 15 is 0 Å². The molecule has 0 bridgehead atoms. The lowest BCUT2D eigenvalue weighted by atomic mass is 10.1. The molecule has 1 amide bonds. The Morgan fingerprint density at radius 1 is 1.07 bits per heavy atom. The van der Waals surface area contributed by atoms with Crippen LogP contribution in [0.5, 0.6) is 11.5 Å². The molecule has 1 aromatic heterocycles. The van der Waals surface area contributed by atoms with Gasteiger partial charge in [0.2, 0.25) is 0 Å². The minimum absolute atomic E-state index is 0.0424. The SMILES string of the molecule is O=C(NCc1ccc(S(=O)(=O)CCO)cc1)c1ccc2c(c1)nc(C(F)F)n2Cc1cccc2c1OC(F)(F)O2. The third-order valence-electron chi connectivity index (χ3n) is 6.17. The number of alkyl halides is 4. The minimum atomic E-state index is -3.87. The van der Waals surface area contributed by atoms with E-state index in [2.05, 4.69) is 19.8 Å². The summed E-state index contributed by atoms with van der Waals surface area (Å²) < 4.78 is 89.2. The summed E-state index contributed by atoms with van der Waals surface area (Å²) in [5.74, 6) is -2.02. The molecule has 0 saturated heterocycles. The summed E-state index contributed by atoms with van der Waals surface area (Å²) in [6.07, 6.45) is -6.87. The standard InChI is InChI=1S/C26H21F4N3O6S/c27-23(28)24-32-19-12-16(25(35)31-13-15-4-7-18(8-5-15)40(36,37)11-10-34)6-9-20(19)33(24)14-17-2-1-3-21-22(17)39-26(29,30)38-21/h1-9,12,23,34H,10-11,13-14H2,(H,31,35). The van der Waals surface area contributed by atoms with Crippen LogP contribution in [0.2, 0.25) is 0 Å². The third kappa shape index (κ3) is 5.45. The summed E-state index contributed by atoms with van der Waals surface area (Å²) in [7, 11) is -3.60. The molecular weight excluding hydrogens is 558 g/mol. The Labute approximate surface area is 224 Å². The predicted molar refractivity (Wildman–Crippen MR) is 133 cm³/mol. The Bertz CT molecular complexity index is 1690. The second-order valence-electron chi connectivity index (χ2n) is 8.84. The molecule has 4 aromatic rings. The van der Waals surface area contributed by atoms with Crippen molar-refractivity contribution in [1.29, 1.82) is 0 Å². The van der Waals surface area contributed by atoms with E-state index in [0.29, 0.717) is 5.56 Å². The predicted octanol–water partition coefficient (Wildman–Crippen LogP) is 4.04. The second kappa shape index (κ2) is 10.4. The molecule has 0 atom stereocenters. The number of aromatic nitrogens is 2. The number of carbonyl (C=O) groups is 1. The molecule has 0 unspecified atom stereocenters. The molecular formula is C26H21F4N3O6S. The van der Waals surface area contributed by atoms with Gasteiger partial charge < -0.3 is 24.5 Å². The van der Waals surface area contributed by atoms with E-state index in [0.717, 1.165) is 4.57 Å². The van der Waals surface area contributed by atoms with Crippen molar-refractivity contribution in [1.82, 2.24) is 14.9 Å². The van der Waals surface area contributed by atoms with Gasteiger partial charge in [0.1, 0.15) is 0 Å². The van der Waals surface area contributed by atoms with Crippen molar-refractivity contribution in [3.63, 3.8) is 0 Å². The molecule has 40 heavy (non-hydrogen) atoms. The highest BCUT2D eigenvalue weighted by Gasteiger charge is 2.44. The quantitative estimate of drug-likeness (QED) is 0.287. The molecule has 5 rings (SSSR count). The van der Waals surface area contributed by atoms with Crippen LogP contribution in [0.1, 0.15) is 33.7 Å². The zero-order valence-electron chi connectivity index (χ0n) is 20.5. The van der Waals surface area contributed by atoms with Gasteiger partial charge in [0.05, 0.1) is 34.8 Å². The van der Waals surface area contributed by atoms with Crippen LogP contribution in [0.3, 0.4) is 0 Å². The number of halogens is 4. The average molecular weight is 580 g/mol. The molecule has 0 radical (unpaired) electrons. The molecule has 14 heteroatoms. The monoisotopic (exact) mass is 579 g/mol. The Kier molecular flexibility index (Phi) is 7.14. The summed E-state index contributed by atoms with van der Waals surface area (Å²) in [4.78, 5) is 16.8. The number of benzene rings is 3. The van der Waals surface area contributed by atoms with E-state index in [1.54, 1.807) is 0 Å². The molecule has 1 aliphatic rings. The number of para-hydroxylation sites is 1. The maximum absolute atomic E-state index is 13.9. The topological polar surface area (TPSA) is 120 Å². The van der Waals surface area contributed by atoms with Crippen molar-refractivity contribution in [3.8, 4) is 11.5 Å². The third-order valence-corrected chi connectivity index (χ3v) is 7.88. The van der Waals surface area contributed by atoms with Crippen LogP contribution in [0.4, 0.5) is 17.6 Å². The Hall–Kier alpha value is -4.17. The maximum atomic E-state index is 13.9. The smallest absolute Gasteiger partial charge is 0.395 e. The first-order valence-corrected chi connectivity index (χ1v) is 13.5. The molecule has 2 N–H and O–H groups in total. The van der Waals surface area contributed by atoms with Crippen LogP contribution in [0, 0.1) is 0 Å². The number of fused-ring (bicyclic) bond motifs is 2. The van der Waals surface area contributed by atoms with Gasteiger partial charge in [-0.25, -0.2) is 22.2 Å². The molecule has 2 heterocycles. The zero-order valence-corrected chi connectivity index (χ0v) is 21.3. The first kappa shape index (κ1) is 27.4. The number of imidazole rings is 1. The summed E-state index contributed by atoms with van der Waals surface area (Å²) in [5.41, 5.74) is 1.25. The van der Waals surface area contributed by atoms with Crippen molar-refractivity contribution in [2.75, 3.05) is 12.4 Å². The van der Waals surface area contributed by atoms with E-state index in [1.165, 1.54) is 60.7 Å². The number of sulfone groups is 1. The van der Waals surface area contributed by atoms with Crippen molar-refractivity contribution < 1.29 is 45.4 Å². The number of aliphatic hydroxyl groups is 1. The van der Waals surface area contributed by atoms with Crippen LogP contribution in [0.15, 0.2) is 65.6 Å². The van der Waals surface area contributed by atoms with Crippen molar-refractivity contribution >= 4 is 26.8 Å². The van der Waals surface area contributed by atoms with Crippen LogP contribution in [-0.4, -0.2) is 47.6 Å². The van der Waals surface area contributed by atoms with Crippen LogP contribution in [0.25, 0.3) is 11.0 Å². The maximum Gasteiger partial charge on any atom is 0.586 e. The van der Waals surface area contributed by atoms with Gasteiger partial charge >= 0.3 is 6.29 Å².